The molecular weight excluding hydrogens is 293 g/mol. The summed E-state index contributed by atoms with van der Waals surface area (Å²) in [5, 5.41) is 7.61. The van der Waals surface area contributed by atoms with Crippen LogP contribution in [0.2, 0.25) is 0 Å². The molecule has 1 aromatic rings. The Hall–Kier alpha value is -1.38. The molecule has 0 spiro atoms. The normalized spacial score (nSPS) is 20.0. The van der Waals surface area contributed by atoms with Crippen molar-refractivity contribution in [2.24, 2.45) is 0 Å². The number of hydrogen-bond donors (Lipinski definition) is 1. The number of urea groups is 1. The van der Waals surface area contributed by atoms with Crippen LogP contribution in [0.15, 0.2) is 0 Å². The van der Waals surface area contributed by atoms with E-state index in [1.165, 1.54) is 0 Å². The lowest BCUT2D eigenvalue weighted by Gasteiger charge is -2.34. The van der Waals surface area contributed by atoms with Crippen LogP contribution in [0.3, 0.4) is 0 Å². The van der Waals surface area contributed by atoms with E-state index in [-0.39, 0.29) is 11.2 Å². The van der Waals surface area contributed by atoms with Gasteiger partial charge in [0.1, 0.15) is 0 Å². The van der Waals surface area contributed by atoms with Gasteiger partial charge in [0.15, 0.2) is 0 Å². The maximum absolute atomic E-state index is 12.4. The number of halogens is 3. The Morgan fingerprint density at radius 2 is 2.20 bits per heavy atom. The van der Waals surface area contributed by atoms with Gasteiger partial charge in [-0.1, -0.05) is 18.3 Å². The monoisotopic (exact) mass is 308 g/mol. The number of hydrogen-bond acceptors (Lipinski definition) is 4. The minimum atomic E-state index is -4.53. The topological polar surface area (TPSA) is 58.1 Å². The Labute approximate surface area is 118 Å². The first-order valence-electron chi connectivity index (χ1n) is 6.40. The molecule has 1 atom stereocenters. The first-order valence-corrected chi connectivity index (χ1v) is 7.21. The summed E-state index contributed by atoms with van der Waals surface area (Å²) < 4.78 is 37.2. The highest BCUT2D eigenvalue weighted by Gasteiger charge is 2.36. The molecule has 1 N–H and O–H groups in total. The van der Waals surface area contributed by atoms with Crippen molar-refractivity contribution in [3.8, 4) is 0 Å². The van der Waals surface area contributed by atoms with Gasteiger partial charge in [-0.2, -0.15) is 13.2 Å². The highest BCUT2D eigenvalue weighted by molar-refractivity contribution is 7.15. The molecule has 0 aliphatic carbocycles. The summed E-state index contributed by atoms with van der Waals surface area (Å²) in [4.78, 5) is 13.7. The van der Waals surface area contributed by atoms with E-state index < -0.39 is 17.2 Å². The quantitative estimate of drug-likeness (QED) is 0.911. The number of amides is 2. The van der Waals surface area contributed by atoms with Crippen LogP contribution in [0.5, 0.6) is 0 Å². The second-order valence-corrected chi connectivity index (χ2v) is 5.57. The van der Waals surface area contributed by atoms with Gasteiger partial charge in [0.05, 0.1) is 0 Å². The van der Waals surface area contributed by atoms with Crippen molar-refractivity contribution in [1.82, 2.24) is 15.1 Å². The number of alkyl halides is 3. The fourth-order valence-corrected chi connectivity index (χ4v) is 2.84. The molecule has 2 rings (SSSR count). The zero-order chi connectivity index (χ0) is 14.8. The molecule has 0 aromatic carbocycles. The van der Waals surface area contributed by atoms with Gasteiger partial charge in [-0.25, -0.2) is 4.79 Å². The molecule has 9 heteroatoms. The predicted molar refractivity (Wildman–Crippen MR) is 68.6 cm³/mol. The zero-order valence-corrected chi connectivity index (χ0v) is 11.7. The fourth-order valence-electron chi connectivity index (χ4n) is 2.24. The van der Waals surface area contributed by atoms with E-state index in [0.717, 1.165) is 25.7 Å². The van der Waals surface area contributed by atoms with E-state index in [1.807, 2.05) is 6.92 Å². The third-order valence-electron chi connectivity index (χ3n) is 3.24. The molecule has 112 valence electrons. The van der Waals surface area contributed by atoms with Crippen molar-refractivity contribution in [2.45, 2.75) is 44.8 Å². The van der Waals surface area contributed by atoms with Gasteiger partial charge in [-0.15, -0.1) is 10.2 Å². The standard InChI is InChI=1S/C11H15F3N4OS/c1-2-7-5-3-4-6-18(7)10(19)15-9-17-16-8(20-9)11(12,13)14/h7H,2-6H2,1H3,(H,15,17,19). The number of aromatic nitrogens is 2. The van der Waals surface area contributed by atoms with E-state index >= 15 is 0 Å². The first kappa shape index (κ1) is 15.0. The summed E-state index contributed by atoms with van der Waals surface area (Å²) in [7, 11) is 0. The number of likely N-dealkylation sites (tertiary alicyclic amines) is 1. The van der Waals surface area contributed by atoms with Crippen LogP contribution in [0, 0.1) is 0 Å². The van der Waals surface area contributed by atoms with Crippen LogP contribution in [0.25, 0.3) is 0 Å². The fraction of sp³-hybridized carbons (Fsp3) is 0.727. The molecule has 5 nitrogen and oxygen atoms in total. The van der Waals surface area contributed by atoms with Crippen molar-refractivity contribution in [1.29, 1.82) is 0 Å². The smallest absolute Gasteiger partial charge is 0.322 e. The third kappa shape index (κ3) is 3.38. The molecule has 1 unspecified atom stereocenters. The van der Waals surface area contributed by atoms with Crippen LogP contribution >= 0.6 is 11.3 Å². The Balaban J connectivity index is 2.02. The highest BCUT2D eigenvalue weighted by Crippen LogP contribution is 2.33. The van der Waals surface area contributed by atoms with E-state index in [1.54, 1.807) is 4.90 Å². The molecular formula is C11H15F3N4OS. The van der Waals surface area contributed by atoms with Crippen LogP contribution in [0.4, 0.5) is 23.1 Å². The molecule has 0 bridgehead atoms. The van der Waals surface area contributed by atoms with Gasteiger partial charge in [-0.05, 0) is 25.7 Å². The maximum atomic E-state index is 12.4. The van der Waals surface area contributed by atoms with Crippen LogP contribution in [-0.4, -0.2) is 33.7 Å². The average Bonchev–Trinajstić information content (AvgIpc) is 2.87. The van der Waals surface area contributed by atoms with Crippen molar-refractivity contribution < 1.29 is 18.0 Å². The molecule has 1 aromatic heterocycles. The summed E-state index contributed by atoms with van der Waals surface area (Å²) in [6, 6.07) is -0.264. The minimum Gasteiger partial charge on any atom is -0.322 e. The van der Waals surface area contributed by atoms with Gasteiger partial charge in [0.2, 0.25) is 10.1 Å². The lowest BCUT2D eigenvalue weighted by Crippen LogP contribution is -2.45. The molecule has 0 radical (unpaired) electrons. The number of carbonyl (C=O) groups excluding carboxylic acids is 1. The highest BCUT2D eigenvalue weighted by atomic mass is 32.1. The van der Waals surface area contributed by atoms with Crippen molar-refractivity contribution >= 4 is 22.5 Å². The number of nitrogens with one attached hydrogen (secondary N) is 1. The summed E-state index contributed by atoms with van der Waals surface area (Å²) in [6.45, 7) is 2.61. The second kappa shape index (κ2) is 5.94. The third-order valence-corrected chi connectivity index (χ3v) is 4.12. The second-order valence-electron chi connectivity index (χ2n) is 4.59. The number of nitrogens with zero attached hydrogens (tertiary/aromatic N) is 3. The lowest BCUT2D eigenvalue weighted by atomic mass is 10.0. The van der Waals surface area contributed by atoms with E-state index in [2.05, 4.69) is 15.5 Å². The number of piperidine rings is 1. The van der Waals surface area contributed by atoms with Gasteiger partial charge >= 0.3 is 12.2 Å². The van der Waals surface area contributed by atoms with Gasteiger partial charge in [0.25, 0.3) is 0 Å². The van der Waals surface area contributed by atoms with Crippen molar-refractivity contribution in [3.63, 3.8) is 0 Å². The molecule has 1 aliphatic rings. The summed E-state index contributed by atoms with van der Waals surface area (Å²) in [5.41, 5.74) is 0. The molecule has 0 saturated carbocycles. The first-order chi connectivity index (χ1) is 9.41. The molecule has 1 fully saturated rings. The number of rotatable bonds is 2. The number of carbonyl (C=O) groups is 1. The van der Waals surface area contributed by atoms with E-state index in [9.17, 15) is 18.0 Å². The Bertz CT molecular complexity index is 476. The molecule has 20 heavy (non-hydrogen) atoms. The largest absolute Gasteiger partial charge is 0.445 e. The molecule has 2 amide bonds. The zero-order valence-electron chi connectivity index (χ0n) is 10.9. The average molecular weight is 308 g/mol. The molecule has 1 aliphatic heterocycles. The van der Waals surface area contributed by atoms with E-state index in [4.69, 9.17) is 0 Å². The van der Waals surface area contributed by atoms with Crippen molar-refractivity contribution in [2.75, 3.05) is 11.9 Å². The van der Waals surface area contributed by atoms with Crippen LogP contribution in [-0.2, 0) is 6.18 Å². The van der Waals surface area contributed by atoms with E-state index in [0.29, 0.717) is 17.9 Å². The van der Waals surface area contributed by atoms with Crippen LogP contribution < -0.4 is 5.32 Å². The molecule has 2 heterocycles. The summed E-state index contributed by atoms with van der Waals surface area (Å²) in [6.07, 6.45) is -0.796. The lowest BCUT2D eigenvalue weighted by molar-refractivity contribution is -0.138. The Morgan fingerprint density at radius 1 is 1.45 bits per heavy atom. The predicted octanol–water partition coefficient (Wildman–Crippen LogP) is 3.35. The van der Waals surface area contributed by atoms with Crippen molar-refractivity contribution in [3.05, 3.63) is 5.01 Å². The van der Waals surface area contributed by atoms with Gasteiger partial charge < -0.3 is 4.90 Å². The Kier molecular flexibility index (Phi) is 4.46. The molecule has 1 saturated heterocycles. The Morgan fingerprint density at radius 3 is 2.80 bits per heavy atom. The summed E-state index contributed by atoms with van der Waals surface area (Å²) in [5.74, 6) is 0. The van der Waals surface area contributed by atoms with Crippen LogP contribution in [0.1, 0.15) is 37.6 Å². The van der Waals surface area contributed by atoms with Gasteiger partial charge in [-0.3, -0.25) is 5.32 Å². The maximum Gasteiger partial charge on any atom is 0.445 e. The number of anilines is 1. The van der Waals surface area contributed by atoms with Gasteiger partial charge in [0, 0.05) is 12.6 Å². The minimum absolute atomic E-state index is 0.122. The summed E-state index contributed by atoms with van der Waals surface area (Å²) >= 11 is 0.335. The SMILES string of the molecule is CCC1CCCCN1C(=O)Nc1nnc(C(F)(F)F)s1.